The first-order chi connectivity index (χ1) is 6.22. The highest BCUT2D eigenvalue weighted by Gasteiger charge is 2.06. The molecule has 0 unspecified atom stereocenters. The normalized spacial score (nSPS) is 10.6. The highest BCUT2D eigenvalue weighted by Crippen LogP contribution is 2.25. The number of aromatic nitrogens is 2. The predicted octanol–water partition coefficient (Wildman–Crippen LogP) is 1.69. The summed E-state index contributed by atoms with van der Waals surface area (Å²) in [5.74, 6) is 1.29. The first kappa shape index (κ1) is 8.37. The molecule has 5 heteroatoms. The summed E-state index contributed by atoms with van der Waals surface area (Å²) < 4.78 is 7.82. The van der Waals surface area contributed by atoms with Gasteiger partial charge in [0.25, 0.3) is 0 Å². The first-order valence-electron chi connectivity index (χ1n) is 3.68. The van der Waals surface area contributed by atoms with E-state index in [-0.39, 0.29) is 0 Å². The van der Waals surface area contributed by atoms with E-state index in [1.807, 2.05) is 12.3 Å². The van der Waals surface area contributed by atoms with E-state index in [4.69, 9.17) is 10.5 Å². The van der Waals surface area contributed by atoms with Gasteiger partial charge in [0.15, 0.2) is 11.4 Å². The van der Waals surface area contributed by atoms with Crippen LogP contribution >= 0.6 is 15.9 Å². The fourth-order valence-electron chi connectivity index (χ4n) is 1.19. The van der Waals surface area contributed by atoms with Gasteiger partial charge in [-0.1, -0.05) is 0 Å². The zero-order valence-electron chi connectivity index (χ0n) is 6.99. The summed E-state index contributed by atoms with van der Waals surface area (Å²) >= 11 is 3.36. The van der Waals surface area contributed by atoms with Crippen molar-refractivity contribution in [3.8, 4) is 5.75 Å². The Bertz CT molecular complexity index is 452. The molecule has 68 valence electrons. The number of methoxy groups -OCH3 is 1. The van der Waals surface area contributed by atoms with E-state index >= 15 is 0 Å². The van der Waals surface area contributed by atoms with Gasteiger partial charge in [0, 0.05) is 10.7 Å². The first-order valence-corrected chi connectivity index (χ1v) is 4.47. The lowest BCUT2D eigenvalue weighted by Gasteiger charge is -2.03. The molecular formula is C8H8BrN3O. The van der Waals surface area contributed by atoms with E-state index in [9.17, 15) is 0 Å². The number of hydrogen-bond acceptors (Lipinski definition) is 3. The van der Waals surface area contributed by atoms with Gasteiger partial charge < -0.3 is 10.5 Å². The quantitative estimate of drug-likeness (QED) is 0.827. The molecule has 0 aliphatic carbocycles. The summed E-state index contributed by atoms with van der Waals surface area (Å²) in [6, 6.07) is 1.85. The number of nitrogens with zero attached hydrogens (tertiary/aromatic N) is 2. The second-order valence-electron chi connectivity index (χ2n) is 2.60. The molecule has 13 heavy (non-hydrogen) atoms. The fraction of sp³-hybridized carbons (Fsp3) is 0.125. The number of rotatable bonds is 1. The lowest BCUT2D eigenvalue weighted by atomic mass is 10.4. The van der Waals surface area contributed by atoms with Crippen molar-refractivity contribution in [1.29, 1.82) is 0 Å². The van der Waals surface area contributed by atoms with E-state index in [1.54, 1.807) is 17.7 Å². The molecular weight excluding hydrogens is 234 g/mol. The summed E-state index contributed by atoms with van der Waals surface area (Å²) in [6.07, 6.45) is 3.45. The van der Waals surface area contributed by atoms with Crippen LogP contribution in [0.4, 0.5) is 5.82 Å². The minimum Gasteiger partial charge on any atom is -0.493 e. The van der Waals surface area contributed by atoms with Crippen molar-refractivity contribution in [3.63, 3.8) is 0 Å². The Hall–Kier alpha value is -1.23. The molecule has 0 saturated heterocycles. The zero-order chi connectivity index (χ0) is 9.42. The van der Waals surface area contributed by atoms with Crippen LogP contribution in [0.25, 0.3) is 5.65 Å². The molecule has 0 bridgehead atoms. The third-order valence-corrected chi connectivity index (χ3v) is 2.22. The van der Waals surface area contributed by atoms with Gasteiger partial charge in [0.1, 0.15) is 5.82 Å². The number of fused-ring (bicyclic) bond motifs is 1. The average molecular weight is 242 g/mol. The van der Waals surface area contributed by atoms with Crippen LogP contribution in [0.2, 0.25) is 0 Å². The molecule has 0 aliphatic rings. The molecule has 2 N–H and O–H groups in total. The molecule has 2 aromatic rings. The smallest absolute Gasteiger partial charge is 0.181 e. The van der Waals surface area contributed by atoms with Gasteiger partial charge in [-0.25, -0.2) is 4.98 Å². The van der Waals surface area contributed by atoms with Gasteiger partial charge in [-0.05, 0) is 22.0 Å². The summed E-state index contributed by atoms with van der Waals surface area (Å²) in [6.45, 7) is 0. The molecule has 0 spiro atoms. The van der Waals surface area contributed by atoms with Gasteiger partial charge >= 0.3 is 0 Å². The van der Waals surface area contributed by atoms with Crippen molar-refractivity contribution in [2.75, 3.05) is 12.8 Å². The monoisotopic (exact) mass is 241 g/mol. The number of nitrogen functional groups attached to an aromatic ring is 1. The Kier molecular flexibility index (Phi) is 1.88. The Morgan fingerprint density at radius 1 is 1.62 bits per heavy atom. The van der Waals surface area contributed by atoms with Crippen molar-refractivity contribution < 1.29 is 4.74 Å². The lowest BCUT2D eigenvalue weighted by Crippen LogP contribution is -1.94. The van der Waals surface area contributed by atoms with Gasteiger partial charge in [-0.15, -0.1) is 0 Å². The molecule has 0 saturated carbocycles. The van der Waals surface area contributed by atoms with E-state index < -0.39 is 0 Å². The predicted molar refractivity (Wildman–Crippen MR) is 53.9 cm³/mol. The van der Waals surface area contributed by atoms with Crippen molar-refractivity contribution >= 4 is 27.4 Å². The molecule has 0 radical (unpaired) electrons. The molecule has 0 aromatic carbocycles. The van der Waals surface area contributed by atoms with Crippen molar-refractivity contribution in [3.05, 3.63) is 22.9 Å². The summed E-state index contributed by atoms with van der Waals surface area (Å²) in [5, 5.41) is 0. The van der Waals surface area contributed by atoms with E-state index in [1.165, 1.54) is 0 Å². The molecule has 2 aromatic heterocycles. The Labute approximate surface area is 83.5 Å². The third-order valence-electron chi connectivity index (χ3n) is 1.79. The molecule has 0 fully saturated rings. The minimum absolute atomic E-state index is 0.592. The van der Waals surface area contributed by atoms with Crippen LogP contribution in [0.5, 0.6) is 5.75 Å². The number of ether oxygens (including phenoxy) is 1. The van der Waals surface area contributed by atoms with E-state index in [0.29, 0.717) is 11.6 Å². The van der Waals surface area contributed by atoms with Crippen LogP contribution in [0.1, 0.15) is 0 Å². The van der Waals surface area contributed by atoms with Crippen LogP contribution < -0.4 is 10.5 Å². The van der Waals surface area contributed by atoms with Crippen molar-refractivity contribution in [1.82, 2.24) is 9.38 Å². The lowest BCUT2D eigenvalue weighted by molar-refractivity contribution is 0.416. The summed E-state index contributed by atoms with van der Waals surface area (Å²) in [4.78, 5) is 4.12. The van der Waals surface area contributed by atoms with Crippen LogP contribution in [-0.2, 0) is 0 Å². The van der Waals surface area contributed by atoms with Gasteiger partial charge in [0.05, 0.1) is 13.3 Å². The Balaban J connectivity index is 2.84. The maximum absolute atomic E-state index is 5.69. The van der Waals surface area contributed by atoms with Crippen LogP contribution in [0.15, 0.2) is 22.9 Å². The topological polar surface area (TPSA) is 52.5 Å². The van der Waals surface area contributed by atoms with Crippen LogP contribution in [-0.4, -0.2) is 16.5 Å². The van der Waals surface area contributed by atoms with Gasteiger partial charge in [0.2, 0.25) is 0 Å². The van der Waals surface area contributed by atoms with Gasteiger partial charge in [-0.2, -0.15) is 0 Å². The summed E-state index contributed by atoms with van der Waals surface area (Å²) in [5.41, 5.74) is 6.42. The number of imidazole rings is 1. The van der Waals surface area contributed by atoms with Gasteiger partial charge in [-0.3, -0.25) is 4.40 Å². The molecule has 2 heterocycles. The molecule has 4 nitrogen and oxygen atoms in total. The van der Waals surface area contributed by atoms with Crippen molar-refractivity contribution in [2.45, 2.75) is 0 Å². The molecule has 0 atom stereocenters. The second-order valence-corrected chi connectivity index (χ2v) is 3.52. The van der Waals surface area contributed by atoms with Crippen molar-refractivity contribution in [2.24, 2.45) is 0 Å². The average Bonchev–Trinajstić information content (AvgIpc) is 2.47. The fourth-order valence-corrected chi connectivity index (χ4v) is 1.61. The number of halogens is 1. The maximum Gasteiger partial charge on any atom is 0.181 e. The molecule has 0 amide bonds. The number of nitrogens with two attached hydrogens (primary N) is 1. The second kappa shape index (κ2) is 2.92. The maximum atomic E-state index is 5.69. The SMILES string of the molecule is COc1cc(Br)cn2c(N)cnc12. The third kappa shape index (κ3) is 1.25. The highest BCUT2D eigenvalue weighted by atomic mass is 79.9. The largest absolute Gasteiger partial charge is 0.493 e. The number of pyridine rings is 1. The Morgan fingerprint density at radius 3 is 3.08 bits per heavy atom. The molecule has 2 rings (SSSR count). The van der Waals surface area contributed by atoms with E-state index in [0.717, 1.165) is 10.1 Å². The Morgan fingerprint density at radius 2 is 2.38 bits per heavy atom. The standard InChI is InChI=1S/C8H8BrN3O/c1-13-6-2-5(9)4-12-7(10)3-11-8(6)12/h2-4H,10H2,1H3. The number of hydrogen-bond donors (Lipinski definition) is 1. The number of anilines is 1. The van der Waals surface area contributed by atoms with Crippen LogP contribution in [0.3, 0.4) is 0 Å². The highest BCUT2D eigenvalue weighted by molar-refractivity contribution is 9.10. The molecule has 0 aliphatic heterocycles. The summed E-state index contributed by atoms with van der Waals surface area (Å²) in [7, 11) is 1.60. The van der Waals surface area contributed by atoms with E-state index in [2.05, 4.69) is 20.9 Å². The van der Waals surface area contributed by atoms with Crippen LogP contribution in [0, 0.1) is 0 Å². The zero-order valence-corrected chi connectivity index (χ0v) is 8.58. The minimum atomic E-state index is 0.592.